The molecule has 1 aromatic carbocycles. The molecule has 0 radical (unpaired) electrons. The molecule has 1 aliphatic heterocycles. The molecule has 0 amide bonds. The van der Waals surface area contributed by atoms with Crippen LogP contribution in [0.25, 0.3) is 0 Å². The van der Waals surface area contributed by atoms with Crippen molar-refractivity contribution in [1.29, 1.82) is 0 Å². The summed E-state index contributed by atoms with van der Waals surface area (Å²) in [4.78, 5) is 2.31. The molecule has 6 heteroatoms. The lowest BCUT2D eigenvalue weighted by Gasteiger charge is -2.34. The number of piperazine rings is 1. The van der Waals surface area contributed by atoms with Gasteiger partial charge in [0.15, 0.2) is 0 Å². The Balaban J connectivity index is 1.80. The monoisotopic (exact) mass is 330 g/mol. The Hall–Kier alpha value is -0.620. The van der Waals surface area contributed by atoms with E-state index in [0.29, 0.717) is 25.4 Å². The van der Waals surface area contributed by atoms with Crippen LogP contribution in [-0.2, 0) is 16.6 Å². The van der Waals surface area contributed by atoms with Gasteiger partial charge in [-0.25, -0.2) is 8.42 Å². The molecule has 1 aromatic rings. The first kappa shape index (κ1) is 16.7. The second-order valence-corrected chi connectivity index (χ2v) is 7.84. The maximum atomic E-state index is 12.2. The summed E-state index contributed by atoms with van der Waals surface area (Å²) < 4.78 is 26.0. The molecule has 0 aromatic heterocycles. The van der Waals surface area contributed by atoms with Gasteiger partial charge in [0.25, 0.3) is 0 Å². The standard InChI is InChI=1S/C15H23ClN2O2S/c16-8-4-5-13-21(19,20)18-11-9-17(10-12-18)14-15-6-2-1-3-7-15/h1-3,6-7H,4-5,8-14H2. The third kappa shape index (κ3) is 5.25. The fraction of sp³-hybridized carbons (Fsp3) is 0.600. The van der Waals surface area contributed by atoms with Gasteiger partial charge < -0.3 is 0 Å². The molecule has 1 aliphatic rings. The minimum atomic E-state index is -3.10. The van der Waals surface area contributed by atoms with Crippen molar-refractivity contribution in [3.8, 4) is 0 Å². The van der Waals surface area contributed by atoms with Crippen LogP contribution in [0.2, 0.25) is 0 Å². The van der Waals surface area contributed by atoms with Gasteiger partial charge in [-0.2, -0.15) is 4.31 Å². The van der Waals surface area contributed by atoms with Crippen LogP contribution in [0, 0.1) is 0 Å². The zero-order valence-corrected chi connectivity index (χ0v) is 13.8. The molecule has 1 saturated heterocycles. The van der Waals surface area contributed by atoms with Crippen molar-refractivity contribution < 1.29 is 8.42 Å². The summed E-state index contributed by atoms with van der Waals surface area (Å²) >= 11 is 5.60. The summed E-state index contributed by atoms with van der Waals surface area (Å²) in [6.45, 7) is 3.67. The third-order valence-corrected chi connectivity index (χ3v) is 5.98. The Morgan fingerprint density at radius 1 is 1.00 bits per heavy atom. The Morgan fingerprint density at radius 3 is 2.29 bits per heavy atom. The first-order valence-corrected chi connectivity index (χ1v) is 9.56. The number of nitrogens with zero attached hydrogens (tertiary/aromatic N) is 2. The maximum Gasteiger partial charge on any atom is 0.214 e. The molecule has 0 atom stereocenters. The summed E-state index contributed by atoms with van der Waals surface area (Å²) in [6.07, 6.45) is 1.41. The second kappa shape index (κ2) is 8.13. The molecule has 1 fully saturated rings. The second-order valence-electron chi connectivity index (χ2n) is 5.37. The largest absolute Gasteiger partial charge is 0.296 e. The number of alkyl halides is 1. The smallest absolute Gasteiger partial charge is 0.214 e. The lowest BCUT2D eigenvalue weighted by molar-refractivity contribution is 0.181. The normalized spacial score (nSPS) is 18.0. The van der Waals surface area contributed by atoms with Gasteiger partial charge in [-0.3, -0.25) is 4.90 Å². The Bertz CT molecular complexity index is 514. The van der Waals surface area contributed by atoms with E-state index in [9.17, 15) is 8.42 Å². The first-order valence-electron chi connectivity index (χ1n) is 7.42. The minimum absolute atomic E-state index is 0.221. The Kier molecular flexibility index (Phi) is 6.48. The van der Waals surface area contributed by atoms with Gasteiger partial charge in [0, 0.05) is 38.6 Å². The topological polar surface area (TPSA) is 40.6 Å². The average molecular weight is 331 g/mol. The summed E-state index contributed by atoms with van der Waals surface area (Å²) in [5.74, 6) is 0.749. The molecular weight excluding hydrogens is 308 g/mol. The van der Waals surface area contributed by atoms with Gasteiger partial charge >= 0.3 is 0 Å². The van der Waals surface area contributed by atoms with E-state index in [1.807, 2.05) is 18.2 Å². The summed E-state index contributed by atoms with van der Waals surface area (Å²) in [7, 11) is -3.10. The highest BCUT2D eigenvalue weighted by Gasteiger charge is 2.26. The van der Waals surface area contributed by atoms with Gasteiger partial charge in [-0.05, 0) is 18.4 Å². The van der Waals surface area contributed by atoms with E-state index in [-0.39, 0.29) is 5.75 Å². The third-order valence-electron chi connectivity index (χ3n) is 3.76. The summed E-state index contributed by atoms with van der Waals surface area (Å²) in [6, 6.07) is 10.3. The van der Waals surface area contributed by atoms with E-state index in [0.717, 1.165) is 26.1 Å². The van der Waals surface area contributed by atoms with E-state index < -0.39 is 10.0 Å². The fourth-order valence-corrected chi connectivity index (χ4v) is 4.25. The highest BCUT2D eigenvalue weighted by Crippen LogP contribution is 2.12. The molecule has 0 N–H and O–H groups in total. The number of halogens is 1. The van der Waals surface area contributed by atoms with Gasteiger partial charge in [0.2, 0.25) is 10.0 Å². The zero-order chi connectivity index (χ0) is 15.1. The predicted molar refractivity (Wildman–Crippen MR) is 87.0 cm³/mol. The molecule has 1 heterocycles. The molecule has 2 rings (SSSR count). The number of hydrogen-bond donors (Lipinski definition) is 0. The van der Waals surface area contributed by atoms with Crippen molar-refractivity contribution >= 4 is 21.6 Å². The van der Waals surface area contributed by atoms with Crippen LogP contribution in [0.3, 0.4) is 0 Å². The number of hydrogen-bond acceptors (Lipinski definition) is 3. The van der Waals surface area contributed by atoms with E-state index >= 15 is 0 Å². The van der Waals surface area contributed by atoms with E-state index in [2.05, 4.69) is 17.0 Å². The maximum absolute atomic E-state index is 12.2. The van der Waals surface area contributed by atoms with Gasteiger partial charge in [-0.1, -0.05) is 30.3 Å². The van der Waals surface area contributed by atoms with Gasteiger partial charge in [0.05, 0.1) is 5.75 Å². The first-order chi connectivity index (χ1) is 10.1. The molecule has 0 unspecified atom stereocenters. The van der Waals surface area contributed by atoms with Crippen LogP contribution in [0.15, 0.2) is 30.3 Å². The summed E-state index contributed by atoms with van der Waals surface area (Å²) in [5, 5.41) is 0. The molecule has 0 aliphatic carbocycles. The number of rotatable bonds is 7. The van der Waals surface area contributed by atoms with Crippen molar-refractivity contribution in [2.45, 2.75) is 19.4 Å². The van der Waals surface area contributed by atoms with E-state index in [4.69, 9.17) is 11.6 Å². The highest BCUT2D eigenvalue weighted by atomic mass is 35.5. The van der Waals surface area contributed by atoms with Crippen molar-refractivity contribution in [3.63, 3.8) is 0 Å². The van der Waals surface area contributed by atoms with Gasteiger partial charge in [-0.15, -0.1) is 11.6 Å². The van der Waals surface area contributed by atoms with Crippen molar-refractivity contribution in [2.75, 3.05) is 37.8 Å². The lowest BCUT2D eigenvalue weighted by Crippen LogP contribution is -2.48. The number of sulfonamides is 1. The Morgan fingerprint density at radius 2 is 1.67 bits per heavy atom. The summed E-state index contributed by atoms with van der Waals surface area (Å²) in [5.41, 5.74) is 1.27. The molecule has 118 valence electrons. The van der Waals surface area contributed by atoms with Crippen molar-refractivity contribution in [3.05, 3.63) is 35.9 Å². The van der Waals surface area contributed by atoms with E-state index in [1.165, 1.54) is 5.56 Å². The molecule has 0 bridgehead atoms. The number of benzene rings is 1. The quantitative estimate of drug-likeness (QED) is 0.568. The molecule has 4 nitrogen and oxygen atoms in total. The Labute approximate surface area is 132 Å². The van der Waals surface area contributed by atoms with E-state index in [1.54, 1.807) is 4.31 Å². The van der Waals surface area contributed by atoms with Crippen molar-refractivity contribution in [1.82, 2.24) is 9.21 Å². The predicted octanol–water partition coefficient (Wildman–Crippen LogP) is 2.15. The fourth-order valence-electron chi connectivity index (χ4n) is 2.52. The highest BCUT2D eigenvalue weighted by molar-refractivity contribution is 7.89. The van der Waals surface area contributed by atoms with Crippen LogP contribution in [0.5, 0.6) is 0 Å². The zero-order valence-electron chi connectivity index (χ0n) is 12.2. The SMILES string of the molecule is O=S(=O)(CCCCCl)N1CCN(Cc2ccccc2)CC1. The molecular formula is C15H23ClN2O2S. The van der Waals surface area contributed by atoms with Crippen LogP contribution in [0.4, 0.5) is 0 Å². The minimum Gasteiger partial charge on any atom is -0.296 e. The van der Waals surface area contributed by atoms with Crippen LogP contribution in [-0.4, -0.2) is 55.4 Å². The lowest BCUT2D eigenvalue weighted by atomic mass is 10.2. The van der Waals surface area contributed by atoms with Crippen LogP contribution < -0.4 is 0 Å². The van der Waals surface area contributed by atoms with Gasteiger partial charge in [0.1, 0.15) is 0 Å². The van der Waals surface area contributed by atoms with Crippen LogP contribution >= 0.6 is 11.6 Å². The average Bonchev–Trinajstić information content (AvgIpc) is 2.49. The van der Waals surface area contributed by atoms with Crippen molar-refractivity contribution in [2.24, 2.45) is 0 Å². The molecule has 21 heavy (non-hydrogen) atoms. The molecule has 0 spiro atoms. The number of unbranched alkanes of at least 4 members (excludes halogenated alkanes) is 1. The molecule has 0 saturated carbocycles. The van der Waals surface area contributed by atoms with Crippen LogP contribution in [0.1, 0.15) is 18.4 Å².